The predicted octanol–water partition coefficient (Wildman–Crippen LogP) is 3.53. The van der Waals surface area contributed by atoms with Gasteiger partial charge in [0.15, 0.2) is 12.2 Å². The van der Waals surface area contributed by atoms with Crippen molar-refractivity contribution in [1.82, 2.24) is 10.6 Å². The highest BCUT2D eigenvalue weighted by Gasteiger charge is 2.41. The quantitative estimate of drug-likeness (QED) is 0.215. The number of aliphatic hydroxyl groups excluding tert-OH is 4. The molecule has 2 amide bonds. The van der Waals surface area contributed by atoms with Crippen LogP contribution in [0.25, 0.3) is 0 Å². The lowest BCUT2D eigenvalue weighted by atomic mass is 9.70. The van der Waals surface area contributed by atoms with Crippen LogP contribution in [0, 0.1) is 22.2 Å². The summed E-state index contributed by atoms with van der Waals surface area (Å²) in [4.78, 5) is 25.4. The van der Waals surface area contributed by atoms with E-state index in [9.17, 15) is 30.0 Å². The lowest BCUT2D eigenvalue weighted by Gasteiger charge is -2.40. The molecule has 0 rings (SSSR count). The van der Waals surface area contributed by atoms with Crippen LogP contribution in [0.5, 0.6) is 0 Å². The van der Waals surface area contributed by atoms with Crippen LogP contribution in [0.1, 0.15) is 116 Å². The van der Waals surface area contributed by atoms with E-state index in [2.05, 4.69) is 72.9 Å². The molecule has 0 aromatic rings. The molecule has 0 aliphatic carbocycles. The Bertz CT molecular complexity index is 748. The summed E-state index contributed by atoms with van der Waals surface area (Å²) >= 11 is 0. The standard InChI is InChI=1S/C29H58N2O6/c1-18(14-25(2,3)4)15-28(10,11)30-23(36)21(34)19(32)20(33)22(35)24(37)31-29(12,13)17-27(8,9)16-26(5,6)7/h18-22,32-35H,14-17H2,1-13H3,(H,30,36)(H,31,37)/t18?,19-,20+,21+,22-/m0/s1. The fourth-order valence-corrected chi connectivity index (χ4v) is 6.28. The second-order valence-corrected chi connectivity index (χ2v) is 15.8. The van der Waals surface area contributed by atoms with Gasteiger partial charge in [0, 0.05) is 11.1 Å². The minimum Gasteiger partial charge on any atom is -0.387 e. The molecule has 8 heteroatoms. The fraction of sp³-hybridized carbons (Fsp3) is 0.931. The zero-order valence-corrected chi connectivity index (χ0v) is 25.8. The van der Waals surface area contributed by atoms with E-state index in [0.717, 1.165) is 12.8 Å². The third-order valence-corrected chi connectivity index (χ3v) is 6.21. The summed E-state index contributed by atoms with van der Waals surface area (Å²) in [5.74, 6) is -1.46. The average Bonchev–Trinajstić information content (AvgIpc) is 2.59. The number of nitrogens with one attached hydrogen (secondary N) is 2. The summed E-state index contributed by atoms with van der Waals surface area (Å²) < 4.78 is 0. The van der Waals surface area contributed by atoms with Crippen LogP contribution < -0.4 is 10.6 Å². The molecule has 0 aromatic carbocycles. The second-order valence-electron chi connectivity index (χ2n) is 15.8. The second kappa shape index (κ2) is 12.8. The first kappa shape index (κ1) is 35.8. The molecule has 6 N–H and O–H groups in total. The Kier molecular flexibility index (Phi) is 12.3. The first-order valence-electron chi connectivity index (χ1n) is 13.5. The summed E-state index contributed by atoms with van der Waals surface area (Å²) in [5.41, 5.74) is -1.26. The number of carbonyl (C=O) groups is 2. The number of rotatable bonds is 13. The molecule has 8 nitrogen and oxygen atoms in total. The van der Waals surface area contributed by atoms with Gasteiger partial charge in [0.05, 0.1) is 0 Å². The van der Waals surface area contributed by atoms with Gasteiger partial charge in [-0.15, -0.1) is 0 Å². The summed E-state index contributed by atoms with van der Waals surface area (Å²) in [5, 5.41) is 47.1. The van der Waals surface area contributed by atoms with Crippen molar-refractivity contribution in [2.75, 3.05) is 0 Å². The van der Waals surface area contributed by atoms with Gasteiger partial charge in [-0.1, -0.05) is 62.3 Å². The smallest absolute Gasteiger partial charge is 0.252 e. The highest BCUT2D eigenvalue weighted by Crippen LogP contribution is 2.39. The topological polar surface area (TPSA) is 139 Å². The van der Waals surface area contributed by atoms with Gasteiger partial charge in [-0.2, -0.15) is 0 Å². The number of amides is 2. The maximum Gasteiger partial charge on any atom is 0.252 e. The van der Waals surface area contributed by atoms with Crippen molar-refractivity contribution in [2.24, 2.45) is 22.2 Å². The van der Waals surface area contributed by atoms with Crippen LogP contribution in [0.3, 0.4) is 0 Å². The van der Waals surface area contributed by atoms with Crippen LogP contribution in [0.15, 0.2) is 0 Å². The van der Waals surface area contributed by atoms with Crippen molar-refractivity contribution in [2.45, 2.75) is 151 Å². The fourth-order valence-electron chi connectivity index (χ4n) is 6.28. The Morgan fingerprint density at radius 3 is 1.32 bits per heavy atom. The molecule has 0 saturated heterocycles. The molecular formula is C29H58N2O6. The molecule has 0 radical (unpaired) electrons. The van der Waals surface area contributed by atoms with E-state index in [1.54, 1.807) is 0 Å². The molecule has 1 unspecified atom stereocenters. The molecule has 0 aromatic heterocycles. The Hall–Kier alpha value is -1.22. The van der Waals surface area contributed by atoms with Gasteiger partial charge in [0.25, 0.3) is 11.8 Å². The minimum absolute atomic E-state index is 0.0965. The predicted molar refractivity (Wildman–Crippen MR) is 149 cm³/mol. The lowest BCUT2D eigenvalue weighted by molar-refractivity contribution is -0.157. The molecule has 0 aliphatic rings. The van der Waals surface area contributed by atoms with Crippen LogP contribution in [0.2, 0.25) is 0 Å². The Morgan fingerprint density at radius 1 is 0.595 bits per heavy atom. The van der Waals surface area contributed by atoms with Gasteiger partial charge in [-0.05, 0) is 75.5 Å². The number of aliphatic hydroxyl groups is 4. The Balaban J connectivity index is 5.16. The molecule has 0 bridgehead atoms. The van der Waals surface area contributed by atoms with Crippen molar-refractivity contribution >= 4 is 11.8 Å². The molecule has 0 saturated carbocycles. The molecular weight excluding hydrogens is 472 g/mol. The van der Waals surface area contributed by atoms with Gasteiger partial charge in [0.2, 0.25) is 0 Å². The molecule has 0 heterocycles. The van der Waals surface area contributed by atoms with Gasteiger partial charge < -0.3 is 31.1 Å². The maximum atomic E-state index is 12.7. The minimum atomic E-state index is -2.05. The van der Waals surface area contributed by atoms with E-state index >= 15 is 0 Å². The summed E-state index contributed by atoms with van der Waals surface area (Å²) in [6.07, 6.45) is -5.03. The monoisotopic (exact) mass is 530 g/mol. The van der Waals surface area contributed by atoms with Crippen molar-refractivity contribution in [1.29, 1.82) is 0 Å². The van der Waals surface area contributed by atoms with E-state index in [1.165, 1.54) is 0 Å². The van der Waals surface area contributed by atoms with Gasteiger partial charge in [0.1, 0.15) is 12.2 Å². The summed E-state index contributed by atoms with van der Waals surface area (Å²) in [7, 11) is 0. The highest BCUT2D eigenvalue weighted by molar-refractivity contribution is 5.83. The third-order valence-electron chi connectivity index (χ3n) is 6.21. The van der Waals surface area contributed by atoms with E-state index in [4.69, 9.17) is 0 Å². The van der Waals surface area contributed by atoms with Crippen molar-refractivity contribution in [3.63, 3.8) is 0 Å². The van der Waals surface area contributed by atoms with E-state index in [-0.39, 0.29) is 16.2 Å². The number of hydrogen-bond donors (Lipinski definition) is 6. The highest BCUT2D eigenvalue weighted by atomic mass is 16.4. The zero-order chi connectivity index (χ0) is 29.8. The van der Waals surface area contributed by atoms with Crippen molar-refractivity contribution in [3.8, 4) is 0 Å². The van der Waals surface area contributed by atoms with Crippen LogP contribution >= 0.6 is 0 Å². The number of carbonyl (C=O) groups excluding carboxylic acids is 2. The molecule has 0 spiro atoms. The third kappa shape index (κ3) is 14.5. The van der Waals surface area contributed by atoms with E-state index in [1.807, 2.05) is 27.7 Å². The van der Waals surface area contributed by atoms with Crippen LogP contribution in [0.4, 0.5) is 0 Å². The van der Waals surface area contributed by atoms with Gasteiger partial charge in [-0.25, -0.2) is 0 Å². The van der Waals surface area contributed by atoms with Gasteiger partial charge >= 0.3 is 0 Å². The summed E-state index contributed by atoms with van der Waals surface area (Å²) in [6.45, 7) is 26.5. The first-order valence-corrected chi connectivity index (χ1v) is 13.5. The van der Waals surface area contributed by atoms with Crippen LogP contribution in [-0.2, 0) is 9.59 Å². The number of hydrogen-bond acceptors (Lipinski definition) is 6. The Morgan fingerprint density at radius 2 is 0.973 bits per heavy atom. The molecule has 220 valence electrons. The van der Waals surface area contributed by atoms with Crippen molar-refractivity contribution in [3.05, 3.63) is 0 Å². The van der Waals surface area contributed by atoms with Crippen molar-refractivity contribution < 1.29 is 30.0 Å². The molecule has 0 aliphatic heterocycles. The molecule has 37 heavy (non-hydrogen) atoms. The SMILES string of the molecule is CC(CC(C)(C)C)CC(C)(C)NC(=O)[C@H](O)[C@@H](O)[C@@H](O)[C@H](O)C(=O)NC(C)(C)CC(C)(C)CC(C)(C)C. The lowest BCUT2D eigenvalue weighted by Crippen LogP contribution is -2.59. The zero-order valence-electron chi connectivity index (χ0n) is 25.8. The molecule has 0 fully saturated rings. The Labute approximate surface area is 226 Å². The van der Waals surface area contributed by atoms with Gasteiger partial charge in [-0.3, -0.25) is 9.59 Å². The van der Waals surface area contributed by atoms with E-state index in [0.29, 0.717) is 18.8 Å². The summed E-state index contributed by atoms with van der Waals surface area (Å²) in [6, 6.07) is 0. The van der Waals surface area contributed by atoms with E-state index < -0.39 is 47.3 Å². The largest absolute Gasteiger partial charge is 0.387 e. The van der Waals surface area contributed by atoms with Crippen LogP contribution in [-0.4, -0.2) is 67.7 Å². The first-order chi connectivity index (χ1) is 16.2. The molecule has 5 atom stereocenters. The maximum absolute atomic E-state index is 12.7. The normalized spacial score (nSPS) is 18.0. The average molecular weight is 531 g/mol.